The summed E-state index contributed by atoms with van der Waals surface area (Å²) in [5.74, 6) is -1.03. The number of aryl methyl sites for hydroxylation is 1. The standard InChI is InChI=1S/C23H27N3O2S/c1-16-6-10-18(11-7-16)21(27)5-3-2-4-17-8-12-19(13-9-17)25-22(28)14-20-15-29-23(24)26-20/h6-13,15,21,27H,2-5,14H2,1H3,(H2,24,26)(H,25,28)/t21-/m0/s1/i5D2,6D,7D,10D,11D,14D2,15D,21D. The molecule has 4 N–H and O–H groups in total. The number of hydrogen-bond donors (Lipinski definition) is 3. The number of thiazole rings is 1. The Morgan fingerprint density at radius 3 is 2.69 bits per heavy atom. The highest BCUT2D eigenvalue weighted by Gasteiger charge is 2.08. The quantitative estimate of drug-likeness (QED) is 0.471. The Bertz CT molecular complexity index is 1360. The molecule has 0 unspecified atom stereocenters. The molecule has 29 heavy (non-hydrogen) atoms. The predicted octanol–water partition coefficient (Wildman–Crippen LogP) is 4.66. The van der Waals surface area contributed by atoms with Gasteiger partial charge in [0, 0.05) is 16.5 Å². The first kappa shape index (κ1) is 11.5. The lowest BCUT2D eigenvalue weighted by Gasteiger charge is -2.11. The van der Waals surface area contributed by atoms with Gasteiger partial charge < -0.3 is 16.2 Å². The summed E-state index contributed by atoms with van der Waals surface area (Å²) in [5, 5.41) is 12.9. The largest absolute Gasteiger partial charge is 0.388 e. The van der Waals surface area contributed by atoms with Gasteiger partial charge in [0.2, 0.25) is 5.91 Å². The first-order valence-electron chi connectivity index (χ1n) is 13.9. The molecule has 1 amide bonds. The smallest absolute Gasteiger partial charge is 0.230 e. The molecule has 0 aliphatic heterocycles. The third kappa shape index (κ3) is 6.69. The van der Waals surface area contributed by atoms with Crippen molar-refractivity contribution < 1.29 is 23.6 Å². The molecule has 0 radical (unpaired) electrons. The number of hydrogen-bond acceptors (Lipinski definition) is 5. The Labute approximate surface area is 189 Å². The van der Waals surface area contributed by atoms with Crippen LogP contribution in [0.2, 0.25) is 0 Å². The Kier molecular flexibility index (Phi) is 4.03. The van der Waals surface area contributed by atoms with Gasteiger partial charge in [-0.15, -0.1) is 11.3 Å². The van der Waals surface area contributed by atoms with Crippen LogP contribution in [0.1, 0.15) is 61.4 Å². The Balaban J connectivity index is 1.66. The summed E-state index contributed by atoms with van der Waals surface area (Å²) in [5.41, 5.74) is 5.45. The van der Waals surface area contributed by atoms with E-state index in [9.17, 15) is 9.90 Å². The van der Waals surface area contributed by atoms with Gasteiger partial charge in [0.1, 0.15) is 0 Å². The Hall–Kier alpha value is -2.70. The zero-order valence-corrected chi connectivity index (χ0v) is 16.5. The molecule has 1 heterocycles. The van der Waals surface area contributed by atoms with Crippen molar-refractivity contribution in [2.75, 3.05) is 11.1 Å². The minimum Gasteiger partial charge on any atom is -0.388 e. The summed E-state index contributed by atoms with van der Waals surface area (Å²) in [7, 11) is 0. The van der Waals surface area contributed by atoms with E-state index in [2.05, 4.69) is 10.3 Å². The van der Waals surface area contributed by atoms with Crippen LogP contribution in [0.25, 0.3) is 0 Å². The molecule has 0 aliphatic carbocycles. The predicted molar refractivity (Wildman–Crippen MR) is 119 cm³/mol. The van der Waals surface area contributed by atoms with Crippen molar-refractivity contribution in [3.8, 4) is 0 Å². The van der Waals surface area contributed by atoms with E-state index in [1.54, 1.807) is 12.1 Å². The van der Waals surface area contributed by atoms with Crippen LogP contribution < -0.4 is 11.1 Å². The topological polar surface area (TPSA) is 88.2 Å². The SMILES string of the molecule is [2H]c1sc(N)nc1C([2H])([2H])C(=O)Nc1ccc(CCCC([2H])([2H])[C@]([2H])(O)c2c([2H])c([2H])c(C)c([2H])c2[2H])cc1. The number of carbonyl (C=O) groups is 1. The highest BCUT2D eigenvalue weighted by molar-refractivity contribution is 7.13. The maximum atomic E-state index is 12.5. The molecule has 0 aliphatic rings. The average molecular weight is 420 g/mol. The van der Waals surface area contributed by atoms with Crippen molar-refractivity contribution in [1.82, 2.24) is 4.98 Å². The summed E-state index contributed by atoms with van der Waals surface area (Å²) in [6, 6.07) is 4.11. The van der Waals surface area contributed by atoms with Gasteiger partial charge in [0.25, 0.3) is 0 Å². The molecule has 0 saturated carbocycles. The zero-order chi connectivity index (χ0) is 29.5. The molecule has 1 aromatic heterocycles. The number of aromatic nitrogens is 1. The maximum Gasteiger partial charge on any atom is 0.230 e. The minimum atomic E-state index is -3.03. The molecule has 5 nitrogen and oxygen atoms in total. The fourth-order valence-electron chi connectivity index (χ4n) is 2.42. The lowest BCUT2D eigenvalue weighted by atomic mass is 10.0. The lowest BCUT2D eigenvalue weighted by molar-refractivity contribution is -0.115. The number of rotatable bonds is 9. The second kappa shape index (κ2) is 10.2. The van der Waals surface area contributed by atoms with Gasteiger partial charge in [0.15, 0.2) is 5.13 Å². The van der Waals surface area contributed by atoms with Crippen molar-refractivity contribution in [2.45, 2.75) is 45.0 Å². The van der Waals surface area contributed by atoms with Crippen LogP contribution in [-0.2, 0) is 17.6 Å². The highest BCUT2D eigenvalue weighted by atomic mass is 32.1. The number of benzene rings is 2. The molecule has 3 aromatic rings. The van der Waals surface area contributed by atoms with E-state index in [1.807, 2.05) is 0 Å². The van der Waals surface area contributed by atoms with E-state index < -0.39 is 54.5 Å². The van der Waals surface area contributed by atoms with E-state index >= 15 is 0 Å². The van der Waals surface area contributed by atoms with Gasteiger partial charge in [-0.25, -0.2) is 4.98 Å². The molecule has 0 saturated heterocycles. The van der Waals surface area contributed by atoms with Crippen LogP contribution in [0.15, 0.2) is 53.8 Å². The van der Waals surface area contributed by atoms with Gasteiger partial charge in [-0.1, -0.05) is 48.3 Å². The van der Waals surface area contributed by atoms with E-state index in [0.29, 0.717) is 6.42 Å². The van der Waals surface area contributed by atoms with E-state index in [0.717, 1.165) is 16.9 Å². The number of nitrogen functional groups attached to an aromatic ring is 1. The molecule has 0 fully saturated rings. The maximum absolute atomic E-state index is 12.5. The van der Waals surface area contributed by atoms with Gasteiger partial charge in [-0.05, 0) is 49.4 Å². The number of nitrogens with one attached hydrogen (secondary N) is 1. The number of nitrogens with zero attached hydrogens (tertiary/aromatic N) is 1. The van der Waals surface area contributed by atoms with E-state index in [4.69, 9.17) is 19.4 Å². The first-order chi connectivity index (χ1) is 17.9. The van der Waals surface area contributed by atoms with Crippen LogP contribution in [0, 0.1) is 6.92 Å². The van der Waals surface area contributed by atoms with Crippen LogP contribution in [0.3, 0.4) is 0 Å². The van der Waals surface area contributed by atoms with Crippen molar-refractivity contribution in [2.24, 2.45) is 0 Å². The molecule has 3 rings (SSSR count). The molecule has 152 valence electrons. The fourth-order valence-corrected chi connectivity index (χ4v) is 2.85. The van der Waals surface area contributed by atoms with E-state index in [1.165, 1.54) is 19.1 Å². The van der Waals surface area contributed by atoms with Crippen LogP contribution in [0.4, 0.5) is 10.8 Å². The summed E-state index contributed by atoms with van der Waals surface area (Å²) in [6.45, 7) is 1.37. The third-order valence-corrected chi connectivity index (χ3v) is 4.44. The van der Waals surface area contributed by atoms with Gasteiger partial charge in [-0.3, -0.25) is 4.79 Å². The molecule has 6 heteroatoms. The zero-order valence-electron chi connectivity index (χ0n) is 25.7. The van der Waals surface area contributed by atoms with Crippen molar-refractivity contribution in [3.05, 3.63) is 76.2 Å². The fraction of sp³-hybridized carbons (Fsp3) is 0.304. The lowest BCUT2D eigenvalue weighted by Crippen LogP contribution is -2.14. The highest BCUT2D eigenvalue weighted by Crippen LogP contribution is 2.21. The summed E-state index contributed by atoms with van der Waals surface area (Å²) >= 11 is 0.758. The second-order valence-electron chi connectivity index (χ2n) is 6.16. The summed E-state index contributed by atoms with van der Waals surface area (Å²) in [4.78, 5) is 16.2. The molecule has 0 spiro atoms. The van der Waals surface area contributed by atoms with Crippen molar-refractivity contribution in [3.63, 3.8) is 0 Å². The Morgan fingerprint density at radius 2 is 2.03 bits per heavy atom. The number of anilines is 2. The van der Waals surface area contributed by atoms with Crippen LogP contribution in [-0.4, -0.2) is 16.0 Å². The van der Waals surface area contributed by atoms with Gasteiger partial charge in [0.05, 0.1) is 26.4 Å². The molecule has 2 aromatic carbocycles. The molecular formula is C23H27N3O2S. The first-order valence-corrected chi connectivity index (χ1v) is 9.67. The number of amides is 1. The number of aliphatic hydroxyl groups is 1. The van der Waals surface area contributed by atoms with Gasteiger partial charge >= 0.3 is 0 Å². The minimum absolute atomic E-state index is 0.0225. The summed E-state index contributed by atoms with van der Waals surface area (Å²) < 4.78 is 80.8. The molecule has 0 bridgehead atoms. The van der Waals surface area contributed by atoms with Crippen LogP contribution >= 0.6 is 11.3 Å². The monoisotopic (exact) mass is 419 g/mol. The summed E-state index contributed by atoms with van der Waals surface area (Å²) in [6.07, 6.45) is -8.08. The van der Waals surface area contributed by atoms with Crippen molar-refractivity contribution in [1.29, 1.82) is 0 Å². The van der Waals surface area contributed by atoms with Gasteiger partial charge in [-0.2, -0.15) is 0 Å². The van der Waals surface area contributed by atoms with Crippen molar-refractivity contribution >= 4 is 28.1 Å². The van der Waals surface area contributed by atoms with E-state index in [-0.39, 0.29) is 40.3 Å². The second-order valence-corrected chi connectivity index (χ2v) is 6.98. The normalized spacial score (nSPS) is 19.0. The Morgan fingerprint density at radius 1 is 1.31 bits per heavy atom. The number of carbonyl (C=O) groups excluding carboxylic acids is 1. The average Bonchev–Trinajstić information content (AvgIpc) is 3.20. The molecular weight excluding hydrogens is 382 g/mol. The number of nitrogens with two attached hydrogens (primary N) is 1. The molecule has 1 atom stereocenters. The van der Waals surface area contributed by atoms with Crippen LogP contribution in [0.5, 0.6) is 0 Å². The third-order valence-electron chi connectivity index (χ3n) is 3.84.